The van der Waals surface area contributed by atoms with Crippen molar-refractivity contribution in [3.8, 4) is 11.5 Å². The maximum absolute atomic E-state index is 12.1. The molecule has 9 heteroatoms. The minimum Gasteiger partial charge on any atom is -0.508 e. The fraction of sp³-hybridized carbons (Fsp3) is 0.353. The summed E-state index contributed by atoms with van der Waals surface area (Å²) < 4.78 is 5.32. The number of benzene rings is 1. The van der Waals surface area contributed by atoms with Gasteiger partial charge in [-0.1, -0.05) is 0 Å². The highest BCUT2D eigenvalue weighted by Crippen LogP contribution is 2.23. The van der Waals surface area contributed by atoms with Crippen LogP contribution in [0.4, 0.5) is 5.13 Å². The van der Waals surface area contributed by atoms with E-state index in [-0.39, 0.29) is 23.8 Å². The van der Waals surface area contributed by atoms with Crippen molar-refractivity contribution in [2.45, 2.75) is 13.3 Å². The monoisotopic (exact) mass is 376 g/mol. The quantitative estimate of drug-likeness (QED) is 0.539. The van der Waals surface area contributed by atoms with Gasteiger partial charge in [0.2, 0.25) is 5.91 Å². The van der Waals surface area contributed by atoms with Gasteiger partial charge in [-0.3, -0.25) is 4.79 Å². The van der Waals surface area contributed by atoms with Crippen LogP contribution in [0.3, 0.4) is 0 Å². The molecule has 0 bridgehead atoms. The Bertz CT molecular complexity index is 815. The summed E-state index contributed by atoms with van der Waals surface area (Å²) in [6, 6.07) is 4.20. The number of ether oxygens (including phenoxy) is 1. The topological polar surface area (TPSA) is 107 Å². The van der Waals surface area contributed by atoms with Gasteiger partial charge in [0.15, 0.2) is 5.13 Å². The number of nitrogens with one attached hydrogen (secondary N) is 1. The van der Waals surface area contributed by atoms with Gasteiger partial charge in [-0.05, 0) is 19.1 Å². The molecule has 1 fully saturated rings. The van der Waals surface area contributed by atoms with Gasteiger partial charge in [0, 0.05) is 30.1 Å². The average Bonchev–Trinajstić information content (AvgIpc) is 3.09. The van der Waals surface area contributed by atoms with Crippen LogP contribution in [0.2, 0.25) is 0 Å². The Balaban J connectivity index is 1.57. The molecule has 0 radical (unpaired) electrons. The van der Waals surface area contributed by atoms with E-state index in [1.165, 1.54) is 29.5 Å². The third kappa shape index (κ3) is 4.50. The molecule has 0 aliphatic carbocycles. The zero-order chi connectivity index (χ0) is 18.5. The lowest BCUT2D eigenvalue weighted by molar-refractivity contribution is -0.120. The maximum Gasteiger partial charge on any atom is 0.246 e. The summed E-state index contributed by atoms with van der Waals surface area (Å²) in [4.78, 5) is 18.7. The molecule has 2 aromatic rings. The molecule has 8 nitrogen and oxygen atoms in total. The van der Waals surface area contributed by atoms with Gasteiger partial charge in [-0.15, -0.1) is 11.3 Å². The van der Waals surface area contributed by atoms with Crippen LogP contribution in [0.15, 0.2) is 28.7 Å². The van der Waals surface area contributed by atoms with Crippen molar-refractivity contribution in [2.75, 3.05) is 31.2 Å². The number of anilines is 1. The van der Waals surface area contributed by atoms with Gasteiger partial charge in [0.05, 0.1) is 31.0 Å². The van der Waals surface area contributed by atoms with Crippen molar-refractivity contribution in [1.29, 1.82) is 0 Å². The molecule has 0 spiro atoms. The summed E-state index contributed by atoms with van der Waals surface area (Å²) in [5.74, 6) is -0.431. The molecule has 0 atom stereocenters. The number of aromatic hydroxyl groups is 2. The van der Waals surface area contributed by atoms with Crippen molar-refractivity contribution in [2.24, 2.45) is 5.10 Å². The SMILES string of the molecule is C/C(=N\NC(=O)Cc1csc(N2CCOCC2)n1)c1ccc(O)cc1O. The lowest BCUT2D eigenvalue weighted by atomic mass is 10.1. The molecule has 1 amide bonds. The summed E-state index contributed by atoms with van der Waals surface area (Å²) in [6.07, 6.45) is 0.124. The average molecular weight is 376 g/mol. The zero-order valence-electron chi connectivity index (χ0n) is 14.3. The first kappa shape index (κ1) is 18.2. The molecule has 0 saturated carbocycles. The summed E-state index contributed by atoms with van der Waals surface area (Å²) in [7, 11) is 0. The Morgan fingerprint density at radius 3 is 2.88 bits per heavy atom. The Hall–Kier alpha value is -2.65. The highest BCUT2D eigenvalue weighted by Gasteiger charge is 2.15. The second-order valence-electron chi connectivity index (χ2n) is 5.83. The smallest absolute Gasteiger partial charge is 0.246 e. The van der Waals surface area contributed by atoms with Gasteiger partial charge in [0.25, 0.3) is 0 Å². The van der Waals surface area contributed by atoms with Crippen molar-refractivity contribution < 1.29 is 19.7 Å². The van der Waals surface area contributed by atoms with Crippen LogP contribution >= 0.6 is 11.3 Å². The first-order valence-corrected chi connectivity index (χ1v) is 9.03. The van der Waals surface area contributed by atoms with E-state index in [0.717, 1.165) is 18.2 Å². The van der Waals surface area contributed by atoms with Crippen LogP contribution in [-0.2, 0) is 16.0 Å². The number of carbonyl (C=O) groups excluding carboxylic acids is 1. The lowest BCUT2D eigenvalue weighted by Crippen LogP contribution is -2.36. The van der Waals surface area contributed by atoms with Crippen LogP contribution < -0.4 is 10.3 Å². The van der Waals surface area contributed by atoms with Gasteiger partial charge in [0.1, 0.15) is 11.5 Å². The van der Waals surface area contributed by atoms with Gasteiger partial charge in [-0.25, -0.2) is 10.4 Å². The third-order valence-electron chi connectivity index (χ3n) is 3.88. The molecular formula is C17H20N4O4S. The molecule has 1 aliphatic rings. The van der Waals surface area contributed by atoms with Crippen LogP contribution in [-0.4, -0.2) is 53.1 Å². The number of hydrazone groups is 1. The molecule has 1 aromatic heterocycles. The van der Waals surface area contributed by atoms with E-state index in [1.54, 1.807) is 6.92 Å². The Labute approximate surface area is 154 Å². The molecule has 26 heavy (non-hydrogen) atoms. The minimum absolute atomic E-state index is 0.0392. The van der Waals surface area contributed by atoms with E-state index in [9.17, 15) is 15.0 Å². The number of amides is 1. The van der Waals surface area contributed by atoms with Crippen molar-refractivity contribution in [1.82, 2.24) is 10.4 Å². The zero-order valence-corrected chi connectivity index (χ0v) is 15.1. The van der Waals surface area contributed by atoms with Crippen molar-refractivity contribution >= 4 is 28.1 Å². The van der Waals surface area contributed by atoms with Crippen LogP contribution in [0.25, 0.3) is 0 Å². The second kappa shape index (κ2) is 8.15. The molecule has 1 saturated heterocycles. The van der Waals surface area contributed by atoms with Gasteiger partial charge in [-0.2, -0.15) is 5.10 Å². The van der Waals surface area contributed by atoms with Gasteiger partial charge >= 0.3 is 0 Å². The van der Waals surface area contributed by atoms with E-state index in [4.69, 9.17) is 4.74 Å². The van der Waals surface area contributed by atoms with Crippen molar-refractivity contribution in [3.05, 3.63) is 34.8 Å². The normalized spacial score (nSPS) is 15.1. The standard InChI is InChI=1S/C17H20N4O4S/c1-11(14-3-2-13(22)9-15(14)23)19-20-16(24)8-12-10-26-17(18-12)21-4-6-25-7-5-21/h2-3,9-10,22-23H,4-8H2,1H3,(H,20,24)/b19-11+. The van der Waals surface area contributed by atoms with Crippen LogP contribution in [0.5, 0.6) is 11.5 Å². The molecular weight excluding hydrogens is 356 g/mol. The second-order valence-corrected chi connectivity index (χ2v) is 6.67. The number of nitrogens with zero attached hydrogens (tertiary/aromatic N) is 3. The predicted molar refractivity (Wildman–Crippen MR) is 99.0 cm³/mol. The number of hydrogen-bond donors (Lipinski definition) is 3. The number of thiazole rings is 1. The third-order valence-corrected chi connectivity index (χ3v) is 4.83. The van der Waals surface area contributed by atoms with E-state index in [0.29, 0.717) is 30.2 Å². The predicted octanol–water partition coefficient (Wildman–Crippen LogP) is 1.47. The number of hydrogen-bond acceptors (Lipinski definition) is 8. The maximum atomic E-state index is 12.1. The van der Waals surface area contributed by atoms with Gasteiger partial charge < -0.3 is 19.8 Å². The first-order chi connectivity index (χ1) is 12.5. The molecule has 3 N–H and O–H groups in total. The number of carbonyl (C=O) groups is 1. The van der Waals surface area contributed by atoms with Crippen LogP contribution in [0.1, 0.15) is 18.2 Å². The number of phenols is 2. The summed E-state index contributed by atoms with van der Waals surface area (Å²) in [5, 5.41) is 25.9. The summed E-state index contributed by atoms with van der Waals surface area (Å²) >= 11 is 1.51. The molecule has 1 aliphatic heterocycles. The number of aromatic nitrogens is 1. The van der Waals surface area contributed by atoms with E-state index in [1.807, 2.05) is 5.38 Å². The van der Waals surface area contributed by atoms with Crippen LogP contribution in [0, 0.1) is 0 Å². The molecule has 0 unspecified atom stereocenters. The Morgan fingerprint density at radius 2 is 2.15 bits per heavy atom. The molecule has 3 rings (SSSR count). The molecule has 1 aromatic carbocycles. The van der Waals surface area contributed by atoms with Crippen molar-refractivity contribution in [3.63, 3.8) is 0 Å². The lowest BCUT2D eigenvalue weighted by Gasteiger charge is -2.26. The van der Waals surface area contributed by atoms with E-state index >= 15 is 0 Å². The van der Waals surface area contributed by atoms with E-state index < -0.39 is 0 Å². The van der Waals surface area contributed by atoms with E-state index in [2.05, 4.69) is 20.4 Å². The number of phenolic OH excluding ortho intramolecular Hbond substituents is 2. The Morgan fingerprint density at radius 1 is 1.38 bits per heavy atom. The fourth-order valence-electron chi connectivity index (χ4n) is 2.51. The molecule has 138 valence electrons. The minimum atomic E-state index is -0.290. The molecule has 2 heterocycles. The summed E-state index contributed by atoms with van der Waals surface area (Å²) in [5.41, 5.74) is 4.03. The number of morpholine rings is 1. The largest absolute Gasteiger partial charge is 0.508 e. The highest BCUT2D eigenvalue weighted by atomic mass is 32.1. The first-order valence-electron chi connectivity index (χ1n) is 8.15. The number of rotatable bonds is 5. The highest BCUT2D eigenvalue weighted by molar-refractivity contribution is 7.13. The Kier molecular flexibility index (Phi) is 5.69. The fourth-order valence-corrected chi connectivity index (χ4v) is 3.39. The summed E-state index contributed by atoms with van der Waals surface area (Å²) in [6.45, 7) is 4.64.